The first kappa shape index (κ1) is 16.5. The van der Waals surface area contributed by atoms with Crippen molar-refractivity contribution in [1.82, 2.24) is 9.80 Å². The monoisotopic (exact) mass is 304 g/mol. The summed E-state index contributed by atoms with van der Waals surface area (Å²) in [6.07, 6.45) is 1.39. The van der Waals surface area contributed by atoms with E-state index in [1.807, 2.05) is 47.9 Å². The Labute approximate surface area is 131 Å². The molecule has 0 bridgehead atoms. The second kappa shape index (κ2) is 7.40. The molecule has 1 saturated heterocycles. The SMILES string of the molecule is CC[C@@H](C(=O)O)N1CCCN(C(=O)c2cccc(C)c2)CC1. The Morgan fingerprint density at radius 2 is 2.00 bits per heavy atom. The van der Waals surface area contributed by atoms with Gasteiger partial charge in [0.2, 0.25) is 0 Å². The summed E-state index contributed by atoms with van der Waals surface area (Å²) in [5.41, 5.74) is 1.78. The highest BCUT2D eigenvalue weighted by Crippen LogP contribution is 2.13. The third-order valence-electron chi connectivity index (χ3n) is 4.20. The molecule has 0 spiro atoms. The molecule has 1 aromatic carbocycles. The molecule has 1 aliphatic heterocycles. The van der Waals surface area contributed by atoms with Gasteiger partial charge in [-0.05, 0) is 31.9 Å². The second-order valence-corrected chi connectivity index (χ2v) is 5.81. The maximum absolute atomic E-state index is 12.6. The van der Waals surface area contributed by atoms with Crippen molar-refractivity contribution in [1.29, 1.82) is 0 Å². The van der Waals surface area contributed by atoms with Crippen molar-refractivity contribution < 1.29 is 14.7 Å². The summed E-state index contributed by atoms with van der Waals surface area (Å²) in [6.45, 7) is 6.46. The number of carbonyl (C=O) groups is 2. The minimum absolute atomic E-state index is 0.0360. The van der Waals surface area contributed by atoms with Crippen molar-refractivity contribution in [3.8, 4) is 0 Å². The summed E-state index contributed by atoms with van der Waals surface area (Å²) >= 11 is 0. The van der Waals surface area contributed by atoms with Gasteiger partial charge in [0.15, 0.2) is 0 Å². The highest BCUT2D eigenvalue weighted by atomic mass is 16.4. The van der Waals surface area contributed by atoms with E-state index in [9.17, 15) is 14.7 Å². The van der Waals surface area contributed by atoms with Crippen LogP contribution in [0.4, 0.5) is 0 Å². The summed E-state index contributed by atoms with van der Waals surface area (Å²) in [5, 5.41) is 9.28. The molecule has 0 aliphatic carbocycles. The first-order valence-corrected chi connectivity index (χ1v) is 7.85. The minimum atomic E-state index is -0.777. The molecule has 5 heteroatoms. The van der Waals surface area contributed by atoms with Crippen LogP contribution in [0.15, 0.2) is 24.3 Å². The van der Waals surface area contributed by atoms with Crippen LogP contribution in [0, 0.1) is 6.92 Å². The van der Waals surface area contributed by atoms with Crippen LogP contribution in [0.3, 0.4) is 0 Å². The molecule has 22 heavy (non-hydrogen) atoms. The topological polar surface area (TPSA) is 60.9 Å². The van der Waals surface area contributed by atoms with Gasteiger partial charge in [0.05, 0.1) is 0 Å². The van der Waals surface area contributed by atoms with E-state index in [-0.39, 0.29) is 5.91 Å². The van der Waals surface area contributed by atoms with E-state index in [2.05, 4.69) is 0 Å². The number of aryl methyl sites for hydroxylation is 1. The zero-order chi connectivity index (χ0) is 16.1. The molecular weight excluding hydrogens is 280 g/mol. The summed E-state index contributed by atoms with van der Waals surface area (Å²) < 4.78 is 0. The van der Waals surface area contributed by atoms with Gasteiger partial charge in [-0.1, -0.05) is 24.6 Å². The molecule has 1 atom stereocenters. The zero-order valence-electron chi connectivity index (χ0n) is 13.3. The van der Waals surface area contributed by atoms with Crippen LogP contribution in [0.1, 0.15) is 35.7 Å². The highest BCUT2D eigenvalue weighted by Gasteiger charge is 2.27. The Kier molecular flexibility index (Phi) is 5.55. The van der Waals surface area contributed by atoms with Crippen molar-refractivity contribution in [3.63, 3.8) is 0 Å². The van der Waals surface area contributed by atoms with E-state index >= 15 is 0 Å². The fourth-order valence-corrected chi connectivity index (χ4v) is 3.00. The van der Waals surface area contributed by atoms with Gasteiger partial charge in [-0.3, -0.25) is 14.5 Å². The van der Waals surface area contributed by atoms with Gasteiger partial charge < -0.3 is 10.0 Å². The molecule has 2 rings (SSSR count). The lowest BCUT2D eigenvalue weighted by Gasteiger charge is -2.26. The van der Waals surface area contributed by atoms with Crippen molar-refractivity contribution in [2.75, 3.05) is 26.2 Å². The summed E-state index contributed by atoms with van der Waals surface area (Å²) in [6, 6.07) is 7.15. The fraction of sp³-hybridized carbons (Fsp3) is 0.529. The standard InChI is InChI=1S/C17H24N2O3/c1-3-15(17(21)22)18-8-5-9-19(11-10-18)16(20)14-7-4-6-13(2)12-14/h4,6-7,12,15H,3,5,8-11H2,1-2H3,(H,21,22)/t15-/m0/s1. The summed E-state index contributed by atoms with van der Waals surface area (Å²) in [4.78, 5) is 27.7. The summed E-state index contributed by atoms with van der Waals surface area (Å²) in [5.74, 6) is -0.741. The average Bonchev–Trinajstić information content (AvgIpc) is 2.73. The van der Waals surface area contributed by atoms with Crippen molar-refractivity contribution in [2.24, 2.45) is 0 Å². The van der Waals surface area contributed by atoms with E-state index in [1.54, 1.807) is 0 Å². The molecule has 5 nitrogen and oxygen atoms in total. The molecule has 0 saturated carbocycles. The number of hydrogen-bond donors (Lipinski definition) is 1. The molecule has 1 fully saturated rings. The Balaban J connectivity index is 2.04. The van der Waals surface area contributed by atoms with Gasteiger partial charge in [-0.2, -0.15) is 0 Å². The Morgan fingerprint density at radius 1 is 1.23 bits per heavy atom. The average molecular weight is 304 g/mol. The summed E-state index contributed by atoms with van der Waals surface area (Å²) in [7, 11) is 0. The lowest BCUT2D eigenvalue weighted by atomic mass is 10.1. The van der Waals surface area contributed by atoms with Gasteiger partial charge in [0.25, 0.3) is 5.91 Å². The van der Waals surface area contributed by atoms with Crippen LogP contribution in [0.2, 0.25) is 0 Å². The molecule has 0 aromatic heterocycles. The van der Waals surface area contributed by atoms with Crippen molar-refractivity contribution in [2.45, 2.75) is 32.7 Å². The molecule has 1 amide bonds. The number of benzene rings is 1. The molecule has 1 aliphatic rings. The van der Waals surface area contributed by atoms with Crippen LogP contribution >= 0.6 is 0 Å². The number of carboxylic acid groups (broad SMARTS) is 1. The predicted octanol–water partition coefficient (Wildman–Crippen LogP) is 2.01. The third-order valence-corrected chi connectivity index (χ3v) is 4.20. The van der Waals surface area contributed by atoms with Gasteiger partial charge in [-0.25, -0.2) is 0 Å². The van der Waals surface area contributed by atoms with Crippen molar-refractivity contribution >= 4 is 11.9 Å². The second-order valence-electron chi connectivity index (χ2n) is 5.81. The van der Waals surface area contributed by atoms with Gasteiger partial charge in [-0.15, -0.1) is 0 Å². The van der Waals surface area contributed by atoms with E-state index in [0.29, 0.717) is 31.6 Å². The highest BCUT2D eigenvalue weighted by molar-refractivity contribution is 5.94. The van der Waals surface area contributed by atoms with E-state index in [4.69, 9.17) is 0 Å². The van der Waals surface area contributed by atoms with E-state index in [1.165, 1.54) is 0 Å². The van der Waals surface area contributed by atoms with Crippen molar-refractivity contribution in [3.05, 3.63) is 35.4 Å². The predicted molar refractivity (Wildman–Crippen MR) is 85.0 cm³/mol. The molecule has 1 heterocycles. The first-order chi connectivity index (χ1) is 10.5. The Bertz CT molecular complexity index is 544. The number of nitrogens with zero attached hydrogens (tertiary/aromatic N) is 2. The Hall–Kier alpha value is -1.88. The first-order valence-electron chi connectivity index (χ1n) is 7.85. The number of hydrogen-bond acceptors (Lipinski definition) is 3. The maximum atomic E-state index is 12.6. The van der Waals surface area contributed by atoms with Gasteiger partial charge in [0, 0.05) is 31.7 Å². The van der Waals surface area contributed by atoms with Gasteiger partial charge in [0.1, 0.15) is 6.04 Å². The van der Waals surface area contributed by atoms with Gasteiger partial charge >= 0.3 is 5.97 Å². The normalized spacial score (nSPS) is 17.8. The number of aliphatic carboxylic acids is 1. The Morgan fingerprint density at radius 3 is 2.64 bits per heavy atom. The zero-order valence-corrected chi connectivity index (χ0v) is 13.3. The van der Waals surface area contributed by atoms with E-state index < -0.39 is 12.0 Å². The minimum Gasteiger partial charge on any atom is -0.480 e. The quantitative estimate of drug-likeness (QED) is 0.924. The molecule has 120 valence electrons. The lowest BCUT2D eigenvalue weighted by molar-refractivity contribution is -0.143. The number of rotatable bonds is 4. The molecule has 0 radical (unpaired) electrons. The van der Waals surface area contributed by atoms with Crippen LogP contribution in [-0.4, -0.2) is 59.0 Å². The molecule has 0 unspecified atom stereocenters. The number of carboxylic acids is 1. The lowest BCUT2D eigenvalue weighted by Crippen LogP contribution is -2.43. The third kappa shape index (κ3) is 3.85. The molecule has 1 aromatic rings. The number of carbonyl (C=O) groups excluding carboxylic acids is 1. The molecule has 1 N–H and O–H groups in total. The number of amides is 1. The smallest absolute Gasteiger partial charge is 0.320 e. The van der Waals surface area contributed by atoms with Crippen LogP contribution in [-0.2, 0) is 4.79 Å². The maximum Gasteiger partial charge on any atom is 0.320 e. The largest absolute Gasteiger partial charge is 0.480 e. The van der Waals surface area contributed by atoms with E-state index in [0.717, 1.165) is 18.5 Å². The fourth-order valence-electron chi connectivity index (χ4n) is 3.00. The van der Waals surface area contributed by atoms with Crippen LogP contribution in [0.25, 0.3) is 0 Å². The molecular formula is C17H24N2O3. The van der Waals surface area contributed by atoms with Crippen LogP contribution in [0.5, 0.6) is 0 Å². The van der Waals surface area contributed by atoms with Crippen LogP contribution < -0.4 is 0 Å².